The maximum atomic E-state index is 14.1. The summed E-state index contributed by atoms with van der Waals surface area (Å²) in [4.78, 5) is 16.8. The van der Waals surface area contributed by atoms with Gasteiger partial charge in [0.2, 0.25) is 0 Å². The van der Waals surface area contributed by atoms with Gasteiger partial charge >= 0.3 is 6.18 Å². The predicted molar refractivity (Wildman–Crippen MR) is 131 cm³/mol. The van der Waals surface area contributed by atoms with Gasteiger partial charge in [-0.15, -0.1) is 0 Å². The van der Waals surface area contributed by atoms with Crippen LogP contribution in [0.5, 0.6) is 5.75 Å². The van der Waals surface area contributed by atoms with E-state index in [9.17, 15) is 22.4 Å². The average molecular weight is 538 g/mol. The quantitative estimate of drug-likeness (QED) is 0.457. The molecule has 2 aromatic carbocycles. The zero-order valence-corrected chi connectivity index (χ0v) is 20.6. The number of amides is 1. The second kappa shape index (κ2) is 9.77. The molecule has 1 fully saturated rings. The molecule has 1 amide bonds. The normalized spacial score (nSPS) is 19.8. The summed E-state index contributed by atoms with van der Waals surface area (Å²) in [6.45, 7) is 1.59. The number of nitrogens with zero attached hydrogens (tertiary/aromatic N) is 4. The number of alkyl halides is 3. The number of carbonyl (C=O) groups excluding carboxylic acids is 1. The van der Waals surface area contributed by atoms with E-state index in [1.54, 1.807) is 36.4 Å². The number of halogens is 5. The second-order valence-electron chi connectivity index (χ2n) is 8.97. The first-order chi connectivity index (χ1) is 17.7. The number of hydrogen-bond acceptors (Lipinski definition) is 5. The largest absolute Gasteiger partial charge is 0.497 e. The van der Waals surface area contributed by atoms with E-state index in [1.165, 1.54) is 24.1 Å². The highest BCUT2D eigenvalue weighted by Crippen LogP contribution is 2.46. The molecule has 0 spiro atoms. The van der Waals surface area contributed by atoms with Crippen molar-refractivity contribution < 1.29 is 27.1 Å². The molecule has 1 N–H and O–H groups in total. The number of anilines is 2. The molecule has 0 bridgehead atoms. The Kier molecular flexibility index (Phi) is 6.65. The van der Waals surface area contributed by atoms with Crippen LogP contribution in [0.3, 0.4) is 0 Å². The van der Waals surface area contributed by atoms with E-state index >= 15 is 0 Å². The van der Waals surface area contributed by atoms with Gasteiger partial charge in [-0.05, 0) is 42.0 Å². The highest BCUT2D eigenvalue weighted by Gasteiger charge is 2.48. The number of rotatable bonds is 4. The van der Waals surface area contributed by atoms with Crippen LogP contribution in [0.15, 0.2) is 48.5 Å². The summed E-state index contributed by atoms with van der Waals surface area (Å²) >= 11 is 6.48. The number of nitrogens with one attached hydrogen (secondary N) is 1. The molecule has 1 saturated heterocycles. The van der Waals surface area contributed by atoms with Gasteiger partial charge in [0.1, 0.15) is 22.4 Å². The van der Waals surface area contributed by atoms with E-state index in [2.05, 4.69) is 10.4 Å². The second-order valence-corrected chi connectivity index (χ2v) is 9.35. The predicted octanol–water partition coefficient (Wildman–Crippen LogP) is 5.31. The molecule has 2 aliphatic rings. The number of hydrogen-bond donors (Lipinski definition) is 1. The van der Waals surface area contributed by atoms with Gasteiger partial charge in [-0.25, -0.2) is 9.07 Å². The van der Waals surface area contributed by atoms with Crippen LogP contribution in [0.4, 0.5) is 29.1 Å². The Morgan fingerprint density at radius 1 is 1.05 bits per heavy atom. The molecule has 0 saturated carbocycles. The van der Waals surface area contributed by atoms with Crippen molar-refractivity contribution in [1.29, 1.82) is 0 Å². The van der Waals surface area contributed by atoms with Gasteiger partial charge in [0.25, 0.3) is 5.91 Å². The first-order valence-electron chi connectivity index (χ1n) is 11.7. The average Bonchev–Trinajstić information content (AvgIpc) is 3.24. The summed E-state index contributed by atoms with van der Waals surface area (Å²) in [6.07, 6.45) is -4.91. The molecule has 2 atom stereocenters. The standard InChI is InChI=1S/C25H24ClF4N5O2/c1-37-18-8-2-15(3-9-18)19-14-20(25(28,29)30)35-23(31-19)21(26)22(32-35)24(36)34-12-10-33(11-13-34)17-6-4-16(27)5-7-17/h2-9,19-20,31H,10-14H2,1H3/t19-,20-/m1/s1. The highest BCUT2D eigenvalue weighted by atomic mass is 35.5. The summed E-state index contributed by atoms with van der Waals surface area (Å²) in [6, 6.07) is 10.1. The van der Waals surface area contributed by atoms with Crippen molar-refractivity contribution in [2.75, 3.05) is 43.5 Å². The smallest absolute Gasteiger partial charge is 0.410 e. The Balaban J connectivity index is 1.37. The van der Waals surface area contributed by atoms with Crippen LogP contribution in [0, 0.1) is 5.82 Å². The minimum Gasteiger partial charge on any atom is -0.497 e. The Morgan fingerprint density at radius 2 is 1.70 bits per heavy atom. The van der Waals surface area contributed by atoms with Crippen LogP contribution in [0.1, 0.15) is 34.6 Å². The van der Waals surface area contributed by atoms with Gasteiger partial charge in [0.15, 0.2) is 11.7 Å². The van der Waals surface area contributed by atoms with E-state index in [0.717, 1.165) is 10.4 Å². The molecule has 1 aromatic heterocycles. The molecule has 37 heavy (non-hydrogen) atoms. The maximum absolute atomic E-state index is 14.1. The molecule has 7 nitrogen and oxygen atoms in total. The van der Waals surface area contributed by atoms with Gasteiger partial charge in [-0.2, -0.15) is 18.3 Å². The SMILES string of the molecule is COc1ccc([C@H]2C[C@H](C(F)(F)F)n3nc(C(=O)N4CCN(c5ccc(F)cc5)CC4)c(Cl)c3N2)cc1. The van der Waals surface area contributed by atoms with Crippen LogP contribution < -0.4 is 15.0 Å². The maximum Gasteiger partial charge on any atom is 0.410 e. The van der Waals surface area contributed by atoms with E-state index in [0.29, 0.717) is 37.5 Å². The summed E-state index contributed by atoms with van der Waals surface area (Å²) in [5, 5.41) is 6.96. The van der Waals surface area contributed by atoms with Crippen LogP contribution in [-0.4, -0.2) is 60.1 Å². The number of piperazine rings is 1. The first-order valence-corrected chi connectivity index (χ1v) is 12.1. The van der Waals surface area contributed by atoms with Crippen molar-refractivity contribution in [3.8, 4) is 5.75 Å². The van der Waals surface area contributed by atoms with Crippen molar-refractivity contribution in [1.82, 2.24) is 14.7 Å². The number of methoxy groups -OCH3 is 1. The number of aromatic nitrogens is 2. The van der Waals surface area contributed by atoms with Crippen molar-refractivity contribution in [3.05, 3.63) is 70.6 Å². The zero-order chi connectivity index (χ0) is 26.3. The molecule has 12 heteroatoms. The molecule has 3 aromatic rings. The Morgan fingerprint density at radius 3 is 2.30 bits per heavy atom. The van der Waals surface area contributed by atoms with Gasteiger partial charge in [-0.3, -0.25) is 4.79 Å². The van der Waals surface area contributed by atoms with Gasteiger partial charge in [0, 0.05) is 38.3 Å². The van der Waals surface area contributed by atoms with Crippen molar-refractivity contribution in [2.24, 2.45) is 0 Å². The lowest BCUT2D eigenvalue weighted by molar-refractivity contribution is -0.173. The lowest BCUT2D eigenvalue weighted by Gasteiger charge is -2.35. The summed E-state index contributed by atoms with van der Waals surface area (Å²) < 4.78 is 61.4. The third-order valence-electron chi connectivity index (χ3n) is 6.78. The monoisotopic (exact) mass is 537 g/mol. The molecule has 196 valence electrons. The first kappa shape index (κ1) is 25.2. The van der Waals surface area contributed by atoms with Crippen LogP contribution in [0.2, 0.25) is 5.02 Å². The van der Waals surface area contributed by atoms with E-state index in [-0.39, 0.29) is 28.8 Å². The minimum absolute atomic E-state index is 0.0376. The fourth-order valence-corrected chi connectivity index (χ4v) is 5.01. The van der Waals surface area contributed by atoms with Crippen molar-refractivity contribution >= 4 is 29.0 Å². The van der Waals surface area contributed by atoms with Crippen LogP contribution in [-0.2, 0) is 0 Å². The molecule has 0 unspecified atom stereocenters. The number of carbonyl (C=O) groups is 1. The number of fused-ring (bicyclic) bond motifs is 1. The summed E-state index contributed by atoms with van der Waals surface area (Å²) in [5.74, 6) is -0.322. The molecule has 0 radical (unpaired) electrons. The van der Waals surface area contributed by atoms with Crippen LogP contribution in [0.25, 0.3) is 0 Å². The zero-order valence-electron chi connectivity index (χ0n) is 19.8. The minimum atomic E-state index is -4.60. The third kappa shape index (κ3) is 4.92. The fourth-order valence-electron chi connectivity index (χ4n) is 4.75. The number of ether oxygens (including phenoxy) is 1. The van der Waals surface area contributed by atoms with E-state index in [4.69, 9.17) is 16.3 Å². The number of benzene rings is 2. The molecule has 5 rings (SSSR count). The Bertz CT molecular complexity index is 1270. The lowest BCUT2D eigenvalue weighted by atomic mass is 9.97. The molecule has 3 heterocycles. The van der Waals surface area contributed by atoms with Crippen molar-refractivity contribution in [3.63, 3.8) is 0 Å². The fraction of sp³-hybridized carbons (Fsp3) is 0.360. The molecular weight excluding hydrogens is 514 g/mol. The summed E-state index contributed by atoms with van der Waals surface area (Å²) in [5.41, 5.74) is 1.23. The van der Waals surface area contributed by atoms with E-state index < -0.39 is 24.2 Å². The van der Waals surface area contributed by atoms with Crippen LogP contribution >= 0.6 is 11.6 Å². The highest BCUT2D eigenvalue weighted by molar-refractivity contribution is 6.36. The summed E-state index contributed by atoms with van der Waals surface area (Å²) in [7, 11) is 1.51. The Labute approximate surface area is 215 Å². The van der Waals surface area contributed by atoms with E-state index in [1.807, 2.05) is 4.90 Å². The molecule has 2 aliphatic heterocycles. The van der Waals surface area contributed by atoms with Gasteiger partial charge < -0.3 is 19.9 Å². The molecule has 0 aliphatic carbocycles. The molecular formula is C25H24ClF4N5O2. The van der Waals surface area contributed by atoms with Gasteiger partial charge in [-0.1, -0.05) is 23.7 Å². The Hall–Kier alpha value is -3.47. The topological polar surface area (TPSA) is 62.6 Å². The third-order valence-corrected chi connectivity index (χ3v) is 7.13. The van der Waals surface area contributed by atoms with Crippen molar-refractivity contribution in [2.45, 2.75) is 24.7 Å². The lowest BCUT2D eigenvalue weighted by Crippen LogP contribution is -2.49. The van der Waals surface area contributed by atoms with Gasteiger partial charge in [0.05, 0.1) is 13.2 Å².